The largest absolute Gasteiger partial charge is 0.478 e. The molecule has 0 spiro atoms. The zero-order valence-electron chi connectivity index (χ0n) is 23.9. The lowest BCUT2D eigenvalue weighted by atomic mass is 9.72. The first-order valence-corrected chi connectivity index (χ1v) is 14.9. The Labute approximate surface area is 249 Å². The van der Waals surface area contributed by atoms with E-state index in [9.17, 15) is 14.7 Å². The first-order valence-electron chi connectivity index (χ1n) is 13.7. The van der Waals surface area contributed by atoms with Gasteiger partial charge < -0.3 is 15.0 Å². The lowest BCUT2D eigenvalue weighted by Gasteiger charge is -2.33. The smallest absolute Gasteiger partial charge is 0.335 e. The standard InChI is InChI=1S/C33H34ClN3O3S/c1-19-15-22(20(2)37(19)26-8-6-7-21(16-26)32(39)40)18-35-31-29(30(38)36-25-12-10-24(34)11-13-25)27-14-9-23(33(3,4)5)17-28(27)41-31/h6-8,10-13,15-16,18,23H,9,14,17H2,1-5H3,(H,36,38)(H,39,40)/t23-/m1/s1. The number of rotatable bonds is 6. The Kier molecular flexibility index (Phi) is 7.95. The van der Waals surface area contributed by atoms with Crippen LogP contribution in [0.3, 0.4) is 0 Å². The number of fused-ring (bicyclic) bond motifs is 1. The van der Waals surface area contributed by atoms with Gasteiger partial charge in [-0.15, -0.1) is 11.3 Å². The summed E-state index contributed by atoms with van der Waals surface area (Å²) in [5, 5.41) is 13.8. The molecule has 0 fully saturated rings. The number of aliphatic imine (C=N–C) groups is 1. The number of aryl methyl sites for hydroxylation is 1. The van der Waals surface area contributed by atoms with Crippen LogP contribution in [0.5, 0.6) is 0 Å². The first kappa shape index (κ1) is 28.8. The van der Waals surface area contributed by atoms with Crippen molar-refractivity contribution in [3.8, 4) is 5.69 Å². The molecule has 4 aromatic rings. The van der Waals surface area contributed by atoms with Crippen molar-refractivity contribution in [3.05, 3.63) is 98.1 Å². The molecule has 5 rings (SSSR count). The second-order valence-electron chi connectivity index (χ2n) is 11.7. The highest BCUT2D eigenvalue weighted by atomic mass is 35.5. The maximum absolute atomic E-state index is 13.7. The van der Waals surface area contributed by atoms with Gasteiger partial charge in [-0.3, -0.25) is 4.79 Å². The van der Waals surface area contributed by atoms with E-state index in [2.05, 4.69) is 26.1 Å². The third-order valence-electron chi connectivity index (χ3n) is 7.94. The highest BCUT2D eigenvalue weighted by Gasteiger charge is 2.33. The maximum atomic E-state index is 13.7. The Morgan fingerprint density at radius 2 is 1.85 bits per heavy atom. The molecule has 1 atom stereocenters. The van der Waals surface area contributed by atoms with E-state index in [1.54, 1.807) is 53.8 Å². The van der Waals surface area contributed by atoms with E-state index in [-0.39, 0.29) is 16.9 Å². The van der Waals surface area contributed by atoms with Gasteiger partial charge in [0.05, 0.1) is 11.1 Å². The van der Waals surface area contributed by atoms with Crippen molar-refractivity contribution >= 4 is 51.7 Å². The van der Waals surface area contributed by atoms with Crippen LogP contribution in [0.2, 0.25) is 5.02 Å². The van der Waals surface area contributed by atoms with Gasteiger partial charge in [-0.25, -0.2) is 9.79 Å². The number of carbonyl (C=O) groups excluding carboxylic acids is 1. The van der Waals surface area contributed by atoms with Crippen molar-refractivity contribution in [2.24, 2.45) is 16.3 Å². The molecule has 0 saturated carbocycles. The summed E-state index contributed by atoms with van der Waals surface area (Å²) in [6, 6.07) is 16.0. The van der Waals surface area contributed by atoms with Gasteiger partial charge in [-0.1, -0.05) is 38.4 Å². The number of hydrogen-bond acceptors (Lipinski definition) is 4. The second kappa shape index (κ2) is 11.3. The summed E-state index contributed by atoms with van der Waals surface area (Å²) in [4.78, 5) is 31.3. The van der Waals surface area contributed by atoms with Gasteiger partial charge in [-0.2, -0.15) is 0 Å². The number of carboxylic acid groups (broad SMARTS) is 1. The van der Waals surface area contributed by atoms with E-state index in [1.165, 1.54) is 4.88 Å². The minimum Gasteiger partial charge on any atom is -0.478 e. The molecule has 0 unspecified atom stereocenters. The van der Waals surface area contributed by atoms with Gasteiger partial charge in [0.15, 0.2) is 0 Å². The van der Waals surface area contributed by atoms with Crippen molar-refractivity contribution in [2.45, 2.75) is 53.9 Å². The summed E-state index contributed by atoms with van der Waals surface area (Å²) in [5.41, 5.74) is 6.45. The molecule has 2 heterocycles. The molecule has 2 aromatic heterocycles. The zero-order valence-corrected chi connectivity index (χ0v) is 25.5. The number of amides is 1. The van der Waals surface area contributed by atoms with Crippen molar-refractivity contribution in [3.63, 3.8) is 0 Å². The number of anilines is 1. The number of hydrogen-bond donors (Lipinski definition) is 2. The number of nitrogens with zero attached hydrogens (tertiary/aromatic N) is 2. The number of aromatic carboxylic acids is 1. The van der Waals surface area contributed by atoms with Gasteiger partial charge in [-0.05, 0) is 98.5 Å². The Morgan fingerprint density at radius 1 is 1.12 bits per heavy atom. The molecule has 212 valence electrons. The van der Waals surface area contributed by atoms with Crippen LogP contribution in [0.1, 0.15) is 75.3 Å². The summed E-state index contributed by atoms with van der Waals surface area (Å²) >= 11 is 7.65. The predicted molar refractivity (Wildman–Crippen MR) is 168 cm³/mol. The van der Waals surface area contributed by atoms with Gasteiger partial charge >= 0.3 is 5.97 Å². The molecule has 0 saturated heterocycles. The quantitative estimate of drug-likeness (QED) is 0.221. The number of thiophene rings is 1. The molecule has 1 amide bonds. The van der Waals surface area contributed by atoms with Crippen LogP contribution < -0.4 is 5.32 Å². The number of carbonyl (C=O) groups is 2. The lowest BCUT2D eigenvalue weighted by molar-refractivity contribution is 0.0696. The average molecular weight is 588 g/mol. The Morgan fingerprint density at radius 3 is 2.54 bits per heavy atom. The summed E-state index contributed by atoms with van der Waals surface area (Å²) in [7, 11) is 0. The van der Waals surface area contributed by atoms with E-state index in [1.807, 2.05) is 36.8 Å². The van der Waals surface area contributed by atoms with Crippen molar-refractivity contribution in [1.29, 1.82) is 0 Å². The highest BCUT2D eigenvalue weighted by molar-refractivity contribution is 7.16. The Hall–Kier alpha value is -3.68. The number of carboxylic acids is 1. The molecular formula is C33H34ClN3O3S. The van der Waals surface area contributed by atoms with E-state index >= 15 is 0 Å². The van der Waals surface area contributed by atoms with Crippen LogP contribution in [0.15, 0.2) is 59.6 Å². The SMILES string of the molecule is Cc1cc(C=Nc2sc3c(c2C(=O)Nc2ccc(Cl)cc2)CC[C@@H](C(C)(C)C)C3)c(C)n1-c1cccc(C(=O)O)c1. The Balaban J connectivity index is 1.52. The van der Waals surface area contributed by atoms with Crippen LogP contribution in [-0.4, -0.2) is 27.8 Å². The van der Waals surface area contributed by atoms with Crippen molar-refractivity contribution in [1.82, 2.24) is 4.57 Å². The average Bonchev–Trinajstić information content (AvgIpc) is 3.43. The minimum absolute atomic E-state index is 0.165. The summed E-state index contributed by atoms with van der Waals surface area (Å²) in [6.45, 7) is 10.8. The predicted octanol–water partition coefficient (Wildman–Crippen LogP) is 8.66. The fraction of sp³-hybridized carbons (Fsp3) is 0.303. The van der Waals surface area contributed by atoms with Crippen LogP contribution in [0, 0.1) is 25.2 Å². The summed E-state index contributed by atoms with van der Waals surface area (Å²) in [6.07, 6.45) is 4.64. The van der Waals surface area contributed by atoms with Crippen LogP contribution in [-0.2, 0) is 12.8 Å². The third kappa shape index (κ3) is 6.02. The number of aromatic nitrogens is 1. The molecule has 6 nitrogen and oxygen atoms in total. The first-order chi connectivity index (χ1) is 19.4. The topological polar surface area (TPSA) is 83.7 Å². The van der Waals surface area contributed by atoms with Gasteiger partial charge in [0, 0.05) is 44.4 Å². The van der Waals surface area contributed by atoms with Crippen LogP contribution >= 0.6 is 22.9 Å². The molecule has 2 aromatic carbocycles. The molecular weight excluding hydrogens is 554 g/mol. The lowest BCUT2D eigenvalue weighted by Crippen LogP contribution is -2.27. The summed E-state index contributed by atoms with van der Waals surface area (Å²) in [5.74, 6) is -0.587. The van der Waals surface area contributed by atoms with E-state index in [4.69, 9.17) is 16.6 Å². The maximum Gasteiger partial charge on any atom is 0.335 e. The van der Waals surface area contributed by atoms with E-state index < -0.39 is 5.97 Å². The zero-order chi connectivity index (χ0) is 29.5. The van der Waals surface area contributed by atoms with E-state index in [0.717, 1.165) is 47.5 Å². The van der Waals surface area contributed by atoms with E-state index in [0.29, 0.717) is 27.2 Å². The fourth-order valence-electron chi connectivity index (χ4n) is 5.58. The number of benzene rings is 2. The molecule has 8 heteroatoms. The number of halogens is 1. The molecule has 0 aliphatic heterocycles. The summed E-state index contributed by atoms with van der Waals surface area (Å²) < 4.78 is 2.02. The van der Waals surface area contributed by atoms with Gasteiger partial charge in [0.25, 0.3) is 5.91 Å². The monoisotopic (exact) mass is 587 g/mol. The fourth-order valence-corrected chi connectivity index (χ4v) is 6.98. The van der Waals surface area contributed by atoms with Crippen molar-refractivity contribution < 1.29 is 14.7 Å². The van der Waals surface area contributed by atoms with Crippen LogP contribution in [0.25, 0.3) is 5.69 Å². The van der Waals surface area contributed by atoms with Gasteiger partial charge in [0.2, 0.25) is 0 Å². The van der Waals surface area contributed by atoms with Crippen LogP contribution in [0.4, 0.5) is 10.7 Å². The molecule has 1 aliphatic rings. The highest BCUT2D eigenvalue weighted by Crippen LogP contribution is 2.45. The number of nitrogens with one attached hydrogen (secondary N) is 1. The molecule has 0 radical (unpaired) electrons. The Bertz CT molecular complexity index is 1660. The molecule has 2 N–H and O–H groups in total. The molecule has 41 heavy (non-hydrogen) atoms. The van der Waals surface area contributed by atoms with Gasteiger partial charge in [0.1, 0.15) is 5.00 Å². The third-order valence-corrected chi connectivity index (χ3v) is 9.36. The normalized spacial score (nSPS) is 15.2. The molecule has 1 aliphatic carbocycles. The van der Waals surface area contributed by atoms with Crippen molar-refractivity contribution in [2.75, 3.05) is 5.32 Å². The molecule has 0 bridgehead atoms. The minimum atomic E-state index is -0.962. The second-order valence-corrected chi connectivity index (χ2v) is 13.2.